The summed E-state index contributed by atoms with van der Waals surface area (Å²) in [6.45, 7) is 2.64. The molecule has 0 saturated carbocycles. The molecule has 2 aromatic carbocycles. The number of carbonyl (C=O) groups excluding carboxylic acids is 1. The van der Waals surface area contributed by atoms with E-state index in [4.69, 9.17) is 0 Å². The molecule has 1 atom stereocenters. The monoisotopic (exact) mass is 421 g/mol. The number of nitrogens with zero attached hydrogens (tertiary/aromatic N) is 3. The highest BCUT2D eigenvalue weighted by molar-refractivity contribution is 8.03. The van der Waals surface area contributed by atoms with Gasteiger partial charge in [-0.1, -0.05) is 43.0 Å². The molecule has 0 bridgehead atoms. The average molecular weight is 422 g/mol. The molecule has 6 heteroatoms. The van der Waals surface area contributed by atoms with Gasteiger partial charge in [-0.25, -0.2) is 0 Å². The van der Waals surface area contributed by atoms with Gasteiger partial charge in [-0.15, -0.1) is 11.8 Å². The number of benzene rings is 2. The normalized spacial score (nSPS) is 19.2. The molecule has 29 heavy (non-hydrogen) atoms. The zero-order chi connectivity index (χ0) is 20.4. The van der Waals surface area contributed by atoms with Gasteiger partial charge in [-0.3, -0.25) is 9.69 Å². The van der Waals surface area contributed by atoms with Crippen molar-refractivity contribution >= 4 is 35.1 Å². The molecule has 0 aromatic heterocycles. The van der Waals surface area contributed by atoms with E-state index >= 15 is 0 Å². The van der Waals surface area contributed by atoms with Crippen LogP contribution >= 0.6 is 23.5 Å². The minimum absolute atomic E-state index is 0.0836. The summed E-state index contributed by atoms with van der Waals surface area (Å²) in [4.78, 5) is 18.2. The van der Waals surface area contributed by atoms with Gasteiger partial charge in [-0.2, -0.15) is 5.26 Å². The van der Waals surface area contributed by atoms with E-state index in [1.807, 2.05) is 18.4 Å². The molecule has 4 rings (SSSR count). The van der Waals surface area contributed by atoms with Crippen LogP contribution in [0.3, 0.4) is 0 Å². The summed E-state index contributed by atoms with van der Waals surface area (Å²) in [6.07, 6.45) is 3.39. The van der Waals surface area contributed by atoms with Crippen molar-refractivity contribution in [3.05, 3.63) is 70.3 Å². The van der Waals surface area contributed by atoms with Crippen molar-refractivity contribution in [1.82, 2.24) is 4.90 Å². The first-order valence-corrected chi connectivity index (χ1v) is 11.9. The van der Waals surface area contributed by atoms with Gasteiger partial charge in [0.05, 0.1) is 29.2 Å². The third-order valence-electron chi connectivity index (χ3n) is 5.52. The van der Waals surface area contributed by atoms with Gasteiger partial charge in [0.2, 0.25) is 5.91 Å². The van der Waals surface area contributed by atoms with E-state index in [0.717, 1.165) is 28.6 Å². The van der Waals surface area contributed by atoms with Gasteiger partial charge in [0.1, 0.15) is 0 Å². The lowest BCUT2D eigenvalue weighted by molar-refractivity contribution is -0.129. The van der Waals surface area contributed by atoms with Crippen molar-refractivity contribution in [3.63, 3.8) is 0 Å². The summed E-state index contributed by atoms with van der Waals surface area (Å²) < 4.78 is 0. The molecular weight excluding hydrogens is 398 g/mol. The molecule has 2 aliphatic heterocycles. The number of allylic oxidation sites excluding steroid dienone is 1. The second-order valence-electron chi connectivity index (χ2n) is 7.16. The molecule has 148 valence electrons. The SMILES string of the molecule is CCc1ccc(N2CSC3=C(C#N)C(c4ccc(SC)cc4)CC(=O)N3C2)cc1. The number of hydrogen-bond donors (Lipinski definition) is 0. The molecule has 2 aliphatic rings. The molecule has 0 spiro atoms. The number of hydrogen-bond acceptors (Lipinski definition) is 5. The zero-order valence-electron chi connectivity index (χ0n) is 16.6. The fraction of sp³-hybridized carbons (Fsp3) is 0.304. The van der Waals surface area contributed by atoms with Crippen LogP contribution in [0.25, 0.3) is 0 Å². The fourth-order valence-electron chi connectivity index (χ4n) is 3.79. The van der Waals surface area contributed by atoms with Gasteiger partial charge >= 0.3 is 0 Å². The van der Waals surface area contributed by atoms with E-state index in [2.05, 4.69) is 54.3 Å². The lowest BCUT2D eigenvalue weighted by atomic mass is 9.86. The molecule has 2 heterocycles. The van der Waals surface area contributed by atoms with Crippen molar-refractivity contribution in [2.75, 3.05) is 23.7 Å². The number of carbonyl (C=O) groups is 1. The molecule has 0 aliphatic carbocycles. The fourth-order valence-corrected chi connectivity index (χ4v) is 5.36. The third-order valence-corrected chi connectivity index (χ3v) is 7.42. The molecule has 4 nitrogen and oxygen atoms in total. The molecule has 1 amide bonds. The number of fused-ring (bicyclic) bond motifs is 1. The Hall–Kier alpha value is -2.36. The van der Waals surface area contributed by atoms with Gasteiger partial charge < -0.3 is 4.90 Å². The second kappa shape index (κ2) is 8.56. The predicted molar refractivity (Wildman–Crippen MR) is 121 cm³/mol. The number of nitriles is 1. The highest BCUT2D eigenvalue weighted by atomic mass is 32.2. The minimum atomic E-state index is -0.155. The highest BCUT2D eigenvalue weighted by Gasteiger charge is 2.38. The van der Waals surface area contributed by atoms with Crippen molar-refractivity contribution < 1.29 is 4.79 Å². The lowest BCUT2D eigenvalue weighted by Crippen LogP contribution is -2.47. The number of anilines is 1. The van der Waals surface area contributed by atoms with Gasteiger partial charge in [-0.05, 0) is 48.1 Å². The highest BCUT2D eigenvalue weighted by Crippen LogP contribution is 2.43. The summed E-state index contributed by atoms with van der Waals surface area (Å²) in [5.74, 6) is 0.659. The van der Waals surface area contributed by atoms with Crippen molar-refractivity contribution in [1.29, 1.82) is 5.26 Å². The maximum Gasteiger partial charge on any atom is 0.229 e. The van der Waals surface area contributed by atoms with Crippen molar-refractivity contribution in [2.45, 2.75) is 30.6 Å². The molecular formula is C23H23N3OS2. The van der Waals surface area contributed by atoms with Crippen LogP contribution in [-0.4, -0.2) is 29.6 Å². The van der Waals surface area contributed by atoms with Gasteiger partial charge in [0, 0.05) is 22.9 Å². The molecule has 2 aromatic rings. The standard InChI is InChI=1S/C23H23N3OS2/c1-3-16-4-8-18(9-5-16)25-14-26-22(27)12-20(21(13-24)23(26)29-15-25)17-6-10-19(28-2)11-7-17/h4-11,20H,3,12,14-15H2,1-2H3. The summed E-state index contributed by atoms with van der Waals surface area (Å²) in [5, 5.41) is 10.7. The van der Waals surface area contributed by atoms with Crippen LogP contribution in [0.4, 0.5) is 5.69 Å². The smallest absolute Gasteiger partial charge is 0.229 e. The Bertz CT molecular complexity index is 977. The maximum atomic E-state index is 13.0. The van der Waals surface area contributed by atoms with E-state index in [1.54, 1.807) is 28.4 Å². The van der Waals surface area contributed by atoms with Gasteiger partial charge in [0.15, 0.2) is 0 Å². The lowest BCUT2D eigenvalue weighted by Gasteiger charge is -2.42. The largest absolute Gasteiger partial charge is 0.344 e. The van der Waals surface area contributed by atoms with Crippen LogP contribution in [0.15, 0.2) is 64.0 Å². The molecule has 0 N–H and O–H groups in total. The van der Waals surface area contributed by atoms with Crippen molar-refractivity contribution in [2.24, 2.45) is 0 Å². The Balaban J connectivity index is 1.61. The summed E-state index contributed by atoms with van der Waals surface area (Å²) >= 11 is 3.27. The molecule has 1 unspecified atom stereocenters. The Labute approximate surface area is 180 Å². The summed E-state index contributed by atoms with van der Waals surface area (Å²) in [5.41, 5.74) is 4.16. The van der Waals surface area contributed by atoms with Crippen LogP contribution in [0.2, 0.25) is 0 Å². The van der Waals surface area contributed by atoms with E-state index in [9.17, 15) is 10.1 Å². The Morgan fingerprint density at radius 1 is 1.17 bits per heavy atom. The van der Waals surface area contributed by atoms with E-state index in [0.29, 0.717) is 18.7 Å². The molecule has 0 radical (unpaired) electrons. The zero-order valence-corrected chi connectivity index (χ0v) is 18.2. The summed E-state index contributed by atoms with van der Waals surface area (Å²) in [6, 6.07) is 19.1. The van der Waals surface area contributed by atoms with Crippen LogP contribution in [-0.2, 0) is 11.2 Å². The number of thioether (sulfide) groups is 2. The minimum Gasteiger partial charge on any atom is -0.344 e. The van der Waals surface area contributed by atoms with E-state index < -0.39 is 0 Å². The van der Waals surface area contributed by atoms with Gasteiger partial charge in [0.25, 0.3) is 0 Å². The maximum absolute atomic E-state index is 13.0. The Morgan fingerprint density at radius 3 is 2.52 bits per heavy atom. The van der Waals surface area contributed by atoms with Crippen LogP contribution < -0.4 is 4.90 Å². The first kappa shape index (κ1) is 19.9. The second-order valence-corrected chi connectivity index (χ2v) is 8.97. The number of aryl methyl sites for hydroxylation is 1. The van der Waals surface area contributed by atoms with E-state index in [1.165, 1.54) is 10.5 Å². The van der Waals surface area contributed by atoms with Crippen molar-refractivity contribution in [3.8, 4) is 6.07 Å². The number of rotatable bonds is 4. The first-order valence-electron chi connectivity index (χ1n) is 9.69. The Morgan fingerprint density at radius 2 is 1.90 bits per heavy atom. The Kier molecular flexibility index (Phi) is 5.89. The topological polar surface area (TPSA) is 47.3 Å². The summed E-state index contributed by atoms with van der Waals surface area (Å²) in [7, 11) is 0. The average Bonchev–Trinajstić information content (AvgIpc) is 2.79. The van der Waals surface area contributed by atoms with Crippen LogP contribution in [0.1, 0.15) is 30.4 Å². The predicted octanol–water partition coefficient (Wildman–Crippen LogP) is 5.19. The van der Waals surface area contributed by atoms with Crippen LogP contribution in [0.5, 0.6) is 0 Å². The van der Waals surface area contributed by atoms with Crippen LogP contribution in [0, 0.1) is 11.3 Å². The molecule has 1 fully saturated rings. The third kappa shape index (κ3) is 3.90. The van der Waals surface area contributed by atoms with E-state index in [-0.39, 0.29) is 11.8 Å². The first-order chi connectivity index (χ1) is 14.1. The quantitative estimate of drug-likeness (QED) is 0.636. The number of amides is 1. The molecule has 1 saturated heterocycles.